The number of fused-ring (bicyclic) bond motifs is 3. The fraction of sp³-hybridized carbons (Fsp3) is 0.273. The third-order valence-corrected chi connectivity index (χ3v) is 4.95. The molecule has 5 N–H and O–H groups in total. The maximum Gasteiger partial charge on any atom is 0.344 e. The summed E-state index contributed by atoms with van der Waals surface area (Å²) in [5, 5.41) is 16.0. The fourth-order valence-corrected chi connectivity index (χ4v) is 3.37. The Labute approximate surface area is 182 Å². The SMILES string of the molecule is Cc1c(OCC(=O)NC(CCCNC(N)=O)C(=O)O)ccc2c1oc(=O)c1ccccc12. The number of rotatable bonds is 9. The van der Waals surface area contributed by atoms with Gasteiger partial charge in [0.25, 0.3) is 5.91 Å². The van der Waals surface area contributed by atoms with E-state index in [1.54, 1.807) is 31.2 Å². The van der Waals surface area contributed by atoms with Crippen LogP contribution in [0.15, 0.2) is 45.6 Å². The predicted octanol–water partition coefficient (Wildman–Crippen LogP) is 1.65. The number of carboxylic acids is 1. The number of aliphatic carboxylic acids is 1. The smallest absolute Gasteiger partial charge is 0.344 e. The lowest BCUT2D eigenvalue weighted by Gasteiger charge is -2.16. The first-order chi connectivity index (χ1) is 15.3. The molecule has 0 spiro atoms. The van der Waals surface area contributed by atoms with Gasteiger partial charge in [0.2, 0.25) is 0 Å². The zero-order valence-corrected chi connectivity index (χ0v) is 17.3. The number of aryl methyl sites for hydroxylation is 1. The maximum atomic E-state index is 12.3. The molecule has 0 saturated carbocycles. The second-order valence-electron chi connectivity index (χ2n) is 7.18. The van der Waals surface area contributed by atoms with Crippen molar-refractivity contribution >= 4 is 39.6 Å². The lowest BCUT2D eigenvalue weighted by molar-refractivity contribution is -0.142. The van der Waals surface area contributed by atoms with Gasteiger partial charge in [0.15, 0.2) is 6.61 Å². The van der Waals surface area contributed by atoms with Crippen molar-refractivity contribution in [2.45, 2.75) is 25.8 Å². The molecule has 2 aromatic carbocycles. The van der Waals surface area contributed by atoms with Crippen molar-refractivity contribution in [1.29, 1.82) is 0 Å². The highest BCUT2D eigenvalue weighted by atomic mass is 16.5. The number of hydrogen-bond acceptors (Lipinski definition) is 6. The molecule has 10 nitrogen and oxygen atoms in total. The van der Waals surface area contributed by atoms with Crippen LogP contribution in [-0.2, 0) is 9.59 Å². The molecule has 0 fully saturated rings. The molecule has 0 aliphatic carbocycles. The zero-order valence-electron chi connectivity index (χ0n) is 17.3. The van der Waals surface area contributed by atoms with Gasteiger partial charge in [-0.2, -0.15) is 0 Å². The highest BCUT2D eigenvalue weighted by Crippen LogP contribution is 2.30. The van der Waals surface area contributed by atoms with E-state index in [2.05, 4.69) is 10.6 Å². The third kappa shape index (κ3) is 5.15. The fourth-order valence-electron chi connectivity index (χ4n) is 3.37. The van der Waals surface area contributed by atoms with Crippen molar-refractivity contribution < 1.29 is 28.6 Å². The molecule has 10 heteroatoms. The van der Waals surface area contributed by atoms with Crippen molar-refractivity contribution in [2.75, 3.05) is 13.2 Å². The van der Waals surface area contributed by atoms with Crippen LogP contribution in [-0.4, -0.2) is 42.2 Å². The number of nitrogens with one attached hydrogen (secondary N) is 2. The number of ether oxygens (including phenoxy) is 1. The zero-order chi connectivity index (χ0) is 23.3. The van der Waals surface area contributed by atoms with Gasteiger partial charge in [0.1, 0.15) is 17.4 Å². The van der Waals surface area contributed by atoms with Crippen LogP contribution in [0.2, 0.25) is 0 Å². The molecule has 32 heavy (non-hydrogen) atoms. The summed E-state index contributed by atoms with van der Waals surface area (Å²) in [6.45, 7) is 1.48. The topological polar surface area (TPSA) is 161 Å². The monoisotopic (exact) mass is 441 g/mol. The lowest BCUT2D eigenvalue weighted by atomic mass is 10.0. The van der Waals surface area contributed by atoms with Crippen LogP contribution < -0.4 is 26.7 Å². The lowest BCUT2D eigenvalue weighted by Crippen LogP contribution is -2.43. The Morgan fingerprint density at radius 3 is 2.53 bits per heavy atom. The Kier molecular flexibility index (Phi) is 6.93. The Morgan fingerprint density at radius 2 is 1.84 bits per heavy atom. The van der Waals surface area contributed by atoms with Gasteiger partial charge in [0, 0.05) is 17.5 Å². The molecular formula is C22H23N3O7. The summed E-state index contributed by atoms with van der Waals surface area (Å²) in [6.07, 6.45) is 0.423. The van der Waals surface area contributed by atoms with E-state index in [4.69, 9.17) is 14.9 Å². The van der Waals surface area contributed by atoms with Crippen molar-refractivity contribution in [3.63, 3.8) is 0 Å². The van der Waals surface area contributed by atoms with Crippen molar-refractivity contribution in [3.05, 3.63) is 52.4 Å². The Hall–Kier alpha value is -4.08. The third-order valence-electron chi connectivity index (χ3n) is 4.95. The number of urea groups is 1. The number of benzene rings is 2. The first-order valence-electron chi connectivity index (χ1n) is 9.91. The molecule has 3 amide bonds. The molecule has 0 bridgehead atoms. The number of primary amides is 1. The quantitative estimate of drug-likeness (QED) is 0.223. The number of carbonyl (C=O) groups excluding carboxylic acids is 2. The van der Waals surface area contributed by atoms with E-state index in [9.17, 15) is 24.3 Å². The molecule has 3 aromatic rings. The number of carboxylic acid groups (broad SMARTS) is 1. The van der Waals surface area contributed by atoms with Gasteiger partial charge >= 0.3 is 17.6 Å². The Morgan fingerprint density at radius 1 is 1.12 bits per heavy atom. The number of amides is 3. The minimum absolute atomic E-state index is 0.106. The summed E-state index contributed by atoms with van der Waals surface area (Å²) in [5.74, 6) is -1.49. The molecule has 1 heterocycles. The first kappa shape index (κ1) is 22.6. The van der Waals surface area contributed by atoms with Crippen LogP contribution in [0.25, 0.3) is 21.7 Å². The van der Waals surface area contributed by atoms with Gasteiger partial charge in [-0.25, -0.2) is 14.4 Å². The van der Waals surface area contributed by atoms with Crippen LogP contribution in [0.4, 0.5) is 4.79 Å². The summed E-state index contributed by atoms with van der Waals surface area (Å²) in [5.41, 5.74) is 5.38. The second kappa shape index (κ2) is 9.82. The van der Waals surface area contributed by atoms with Gasteiger partial charge < -0.3 is 30.6 Å². The summed E-state index contributed by atoms with van der Waals surface area (Å²) >= 11 is 0. The van der Waals surface area contributed by atoms with Crippen LogP contribution in [0.1, 0.15) is 18.4 Å². The highest BCUT2D eigenvalue weighted by Gasteiger charge is 2.20. The summed E-state index contributed by atoms with van der Waals surface area (Å²) in [6, 6.07) is 8.67. The minimum Gasteiger partial charge on any atom is -0.483 e. The molecule has 0 aliphatic rings. The van der Waals surface area contributed by atoms with Crippen molar-refractivity contribution in [2.24, 2.45) is 5.73 Å². The van der Waals surface area contributed by atoms with Crippen molar-refractivity contribution in [3.8, 4) is 5.75 Å². The maximum absolute atomic E-state index is 12.3. The van der Waals surface area contributed by atoms with Gasteiger partial charge in [-0.05, 0) is 43.4 Å². The average Bonchev–Trinajstić information content (AvgIpc) is 2.75. The molecule has 1 aromatic heterocycles. The summed E-state index contributed by atoms with van der Waals surface area (Å²) < 4.78 is 11.0. The summed E-state index contributed by atoms with van der Waals surface area (Å²) in [4.78, 5) is 46.5. The molecule has 0 radical (unpaired) electrons. The average molecular weight is 441 g/mol. The van der Waals surface area contributed by atoms with Crippen LogP contribution in [0.3, 0.4) is 0 Å². The largest absolute Gasteiger partial charge is 0.483 e. The van der Waals surface area contributed by atoms with E-state index in [1.807, 2.05) is 12.1 Å². The van der Waals surface area contributed by atoms with E-state index in [0.29, 0.717) is 28.7 Å². The van der Waals surface area contributed by atoms with Crippen LogP contribution >= 0.6 is 0 Å². The summed E-state index contributed by atoms with van der Waals surface area (Å²) in [7, 11) is 0. The second-order valence-corrected chi connectivity index (χ2v) is 7.18. The van der Waals surface area contributed by atoms with E-state index >= 15 is 0 Å². The van der Waals surface area contributed by atoms with Gasteiger partial charge in [-0.1, -0.05) is 18.2 Å². The van der Waals surface area contributed by atoms with Gasteiger partial charge in [0.05, 0.1) is 5.39 Å². The Bertz CT molecular complexity index is 1240. The van der Waals surface area contributed by atoms with Gasteiger partial charge in [-0.15, -0.1) is 0 Å². The number of carbonyl (C=O) groups is 3. The van der Waals surface area contributed by atoms with Crippen LogP contribution in [0, 0.1) is 6.92 Å². The first-order valence-corrected chi connectivity index (χ1v) is 9.91. The molecule has 0 aliphatic heterocycles. The molecular weight excluding hydrogens is 418 g/mol. The molecule has 1 unspecified atom stereocenters. The minimum atomic E-state index is -1.20. The standard InChI is InChI=1S/C22H23N3O7/c1-12-17(9-8-14-13-5-2-3-6-15(13)21(29)32-19(12)14)31-11-18(26)25-16(20(27)28)7-4-10-24-22(23)30/h2-3,5-6,8-9,16H,4,7,10-11H2,1H3,(H,25,26)(H,27,28)(H3,23,24,30). The van der Waals surface area contributed by atoms with E-state index in [1.165, 1.54) is 0 Å². The molecule has 0 saturated heterocycles. The van der Waals surface area contributed by atoms with E-state index in [0.717, 1.165) is 10.8 Å². The van der Waals surface area contributed by atoms with E-state index < -0.39 is 36.2 Å². The van der Waals surface area contributed by atoms with Crippen LogP contribution in [0.5, 0.6) is 5.75 Å². The van der Waals surface area contributed by atoms with Crippen molar-refractivity contribution in [1.82, 2.24) is 10.6 Å². The number of nitrogens with two attached hydrogens (primary N) is 1. The predicted molar refractivity (Wildman–Crippen MR) is 117 cm³/mol. The molecule has 3 rings (SSSR count). The highest BCUT2D eigenvalue weighted by molar-refractivity contribution is 6.05. The van der Waals surface area contributed by atoms with E-state index in [-0.39, 0.29) is 13.0 Å². The molecule has 1 atom stereocenters. The normalized spacial score (nSPS) is 11.8. The Balaban J connectivity index is 1.68. The van der Waals surface area contributed by atoms with Gasteiger partial charge in [-0.3, -0.25) is 4.79 Å². The number of hydrogen-bond donors (Lipinski definition) is 4. The molecule has 168 valence electrons.